The fourth-order valence-corrected chi connectivity index (χ4v) is 4.65. The third-order valence-corrected chi connectivity index (χ3v) is 5.60. The van der Waals surface area contributed by atoms with Gasteiger partial charge in [-0.1, -0.05) is 0 Å². The maximum Gasteiger partial charge on any atom is 0.126 e. The zero-order valence-corrected chi connectivity index (χ0v) is 12.1. The number of benzene rings is 1. The molecule has 2 saturated heterocycles. The van der Waals surface area contributed by atoms with E-state index in [1.54, 1.807) is 0 Å². The molecule has 0 saturated carbocycles. The fourth-order valence-electron chi connectivity index (χ4n) is 3.28. The van der Waals surface area contributed by atoms with Gasteiger partial charge >= 0.3 is 0 Å². The van der Waals surface area contributed by atoms with Crippen molar-refractivity contribution in [2.75, 3.05) is 18.1 Å². The number of rotatable bonds is 2. The summed E-state index contributed by atoms with van der Waals surface area (Å²) in [7, 11) is 0. The van der Waals surface area contributed by atoms with Gasteiger partial charge in [0.05, 0.1) is 5.60 Å². The Morgan fingerprint density at radius 1 is 1.30 bits per heavy atom. The van der Waals surface area contributed by atoms with Crippen LogP contribution in [0, 0.1) is 17.6 Å². The highest BCUT2D eigenvalue weighted by atomic mass is 32.2. The molecule has 0 radical (unpaired) electrons. The van der Waals surface area contributed by atoms with Gasteiger partial charge in [0, 0.05) is 24.5 Å². The molecule has 2 nitrogen and oxygen atoms in total. The molecule has 1 spiro atoms. The van der Waals surface area contributed by atoms with E-state index in [0.29, 0.717) is 12.2 Å². The summed E-state index contributed by atoms with van der Waals surface area (Å²) < 4.78 is 32.6. The third kappa shape index (κ3) is 2.85. The molecule has 2 aliphatic rings. The zero-order valence-electron chi connectivity index (χ0n) is 11.3. The summed E-state index contributed by atoms with van der Waals surface area (Å²) in [5, 5.41) is 0. The van der Waals surface area contributed by atoms with Crippen LogP contribution < -0.4 is 5.73 Å². The van der Waals surface area contributed by atoms with Crippen molar-refractivity contribution in [1.82, 2.24) is 0 Å². The van der Waals surface area contributed by atoms with Crippen LogP contribution in [-0.2, 0) is 4.74 Å². The number of nitrogens with two attached hydrogens (primary N) is 1. The first-order valence-electron chi connectivity index (χ1n) is 7.01. The molecule has 2 heterocycles. The van der Waals surface area contributed by atoms with E-state index >= 15 is 0 Å². The van der Waals surface area contributed by atoms with Gasteiger partial charge < -0.3 is 10.5 Å². The van der Waals surface area contributed by atoms with E-state index in [0.717, 1.165) is 36.8 Å². The maximum absolute atomic E-state index is 13.3. The molecule has 2 N–H and O–H groups in total. The predicted octanol–water partition coefficient (Wildman–Crippen LogP) is 3.27. The van der Waals surface area contributed by atoms with Crippen LogP contribution in [0.5, 0.6) is 0 Å². The van der Waals surface area contributed by atoms with Crippen LogP contribution in [0.25, 0.3) is 0 Å². The topological polar surface area (TPSA) is 35.2 Å². The second-order valence-corrected chi connectivity index (χ2v) is 6.92. The summed E-state index contributed by atoms with van der Waals surface area (Å²) in [6.45, 7) is 0.691. The van der Waals surface area contributed by atoms with Crippen LogP contribution in [0.3, 0.4) is 0 Å². The maximum atomic E-state index is 13.3. The Bertz CT molecular complexity index is 471. The lowest BCUT2D eigenvalue weighted by Crippen LogP contribution is -2.42. The highest BCUT2D eigenvalue weighted by molar-refractivity contribution is 7.99. The average molecular weight is 299 g/mol. The van der Waals surface area contributed by atoms with Gasteiger partial charge in [0.2, 0.25) is 0 Å². The highest BCUT2D eigenvalue weighted by Gasteiger charge is 2.42. The molecular weight excluding hydrogens is 280 g/mol. The molecule has 1 aromatic carbocycles. The number of hydrogen-bond acceptors (Lipinski definition) is 3. The minimum absolute atomic E-state index is 0.0585. The van der Waals surface area contributed by atoms with Crippen molar-refractivity contribution in [2.45, 2.75) is 30.9 Å². The molecule has 20 heavy (non-hydrogen) atoms. The van der Waals surface area contributed by atoms with Gasteiger partial charge in [-0.2, -0.15) is 11.8 Å². The normalized spacial score (nSPS) is 31.6. The molecule has 2 aliphatic heterocycles. The van der Waals surface area contributed by atoms with Crippen molar-refractivity contribution in [3.63, 3.8) is 0 Å². The van der Waals surface area contributed by atoms with Gasteiger partial charge in [-0.15, -0.1) is 0 Å². The number of halogens is 2. The molecule has 110 valence electrons. The smallest absolute Gasteiger partial charge is 0.126 e. The van der Waals surface area contributed by atoms with Crippen molar-refractivity contribution in [3.8, 4) is 0 Å². The standard InChI is InChI=1S/C15H19F2NOS/c16-12-5-11(6-13(17)7-12)14(18)10-1-3-19-15(8-10)2-4-20-9-15/h5-7,10,14H,1-4,8-9,18H2. The lowest BCUT2D eigenvalue weighted by atomic mass is 9.79. The largest absolute Gasteiger partial charge is 0.374 e. The summed E-state index contributed by atoms with van der Waals surface area (Å²) in [4.78, 5) is 0. The predicted molar refractivity (Wildman–Crippen MR) is 76.6 cm³/mol. The van der Waals surface area contributed by atoms with Gasteiger partial charge in [-0.25, -0.2) is 8.78 Å². The average Bonchev–Trinajstić information content (AvgIpc) is 2.85. The summed E-state index contributed by atoms with van der Waals surface area (Å²) >= 11 is 1.91. The molecule has 3 unspecified atom stereocenters. The van der Waals surface area contributed by atoms with Gasteiger partial charge in [-0.3, -0.25) is 0 Å². The lowest BCUT2D eigenvalue weighted by Gasteiger charge is -2.40. The molecule has 0 aliphatic carbocycles. The first kappa shape index (κ1) is 14.3. The molecule has 0 bridgehead atoms. The Labute approximate surface area is 122 Å². The van der Waals surface area contributed by atoms with Crippen LogP contribution >= 0.6 is 11.8 Å². The quantitative estimate of drug-likeness (QED) is 0.910. The minimum Gasteiger partial charge on any atom is -0.374 e. The van der Waals surface area contributed by atoms with E-state index in [2.05, 4.69) is 0 Å². The third-order valence-electron chi connectivity index (χ3n) is 4.38. The van der Waals surface area contributed by atoms with Crippen molar-refractivity contribution in [3.05, 3.63) is 35.4 Å². The van der Waals surface area contributed by atoms with Crippen LogP contribution in [0.4, 0.5) is 8.78 Å². The summed E-state index contributed by atoms with van der Waals surface area (Å²) in [5.41, 5.74) is 6.76. The van der Waals surface area contributed by atoms with Crippen molar-refractivity contribution in [1.29, 1.82) is 0 Å². The number of thioether (sulfide) groups is 1. The zero-order chi connectivity index (χ0) is 14.2. The SMILES string of the molecule is NC(c1cc(F)cc(F)c1)C1CCOC2(CCSC2)C1. The van der Waals surface area contributed by atoms with E-state index in [9.17, 15) is 8.78 Å². The summed E-state index contributed by atoms with van der Waals surface area (Å²) in [6, 6.07) is 3.25. The summed E-state index contributed by atoms with van der Waals surface area (Å²) in [6.07, 6.45) is 2.80. The molecule has 5 heteroatoms. The van der Waals surface area contributed by atoms with Crippen molar-refractivity contribution < 1.29 is 13.5 Å². The molecule has 0 aromatic heterocycles. The second-order valence-electron chi connectivity index (χ2n) is 5.82. The van der Waals surface area contributed by atoms with Gasteiger partial charge in [0.15, 0.2) is 0 Å². The van der Waals surface area contributed by atoms with Gasteiger partial charge in [0.1, 0.15) is 11.6 Å². The monoisotopic (exact) mass is 299 g/mol. The van der Waals surface area contributed by atoms with Crippen molar-refractivity contribution >= 4 is 11.8 Å². The molecule has 1 aromatic rings. The van der Waals surface area contributed by atoms with Gasteiger partial charge in [0.25, 0.3) is 0 Å². The van der Waals surface area contributed by atoms with E-state index in [1.165, 1.54) is 12.1 Å². The first-order valence-corrected chi connectivity index (χ1v) is 8.17. The van der Waals surface area contributed by atoms with Crippen LogP contribution in [0.1, 0.15) is 30.9 Å². The van der Waals surface area contributed by atoms with Crippen LogP contribution in [-0.4, -0.2) is 23.7 Å². The molecular formula is C15H19F2NOS. The van der Waals surface area contributed by atoms with Crippen molar-refractivity contribution in [2.24, 2.45) is 11.7 Å². The molecule has 2 fully saturated rings. The lowest BCUT2D eigenvalue weighted by molar-refractivity contribution is -0.0834. The Balaban J connectivity index is 1.77. The Morgan fingerprint density at radius 3 is 2.70 bits per heavy atom. The van der Waals surface area contributed by atoms with Crippen LogP contribution in [0.2, 0.25) is 0 Å². The molecule has 0 amide bonds. The Morgan fingerprint density at radius 2 is 2.05 bits per heavy atom. The van der Waals surface area contributed by atoms with E-state index in [1.807, 2.05) is 11.8 Å². The Hall–Kier alpha value is -0.650. The minimum atomic E-state index is -0.561. The Kier molecular flexibility index (Phi) is 4.02. The fraction of sp³-hybridized carbons (Fsp3) is 0.600. The molecule has 3 atom stereocenters. The molecule has 3 rings (SSSR count). The highest BCUT2D eigenvalue weighted by Crippen LogP contribution is 2.43. The number of ether oxygens (including phenoxy) is 1. The summed E-state index contributed by atoms with van der Waals surface area (Å²) in [5.74, 6) is 1.23. The van der Waals surface area contributed by atoms with E-state index < -0.39 is 11.6 Å². The van der Waals surface area contributed by atoms with Gasteiger partial charge in [-0.05, 0) is 48.6 Å². The van der Waals surface area contributed by atoms with E-state index in [4.69, 9.17) is 10.5 Å². The van der Waals surface area contributed by atoms with E-state index in [-0.39, 0.29) is 17.6 Å². The number of hydrogen-bond donors (Lipinski definition) is 1. The van der Waals surface area contributed by atoms with Crippen LogP contribution in [0.15, 0.2) is 18.2 Å². The second kappa shape index (κ2) is 5.62. The first-order chi connectivity index (χ1) is 9.58.